The highest BCUT2D eigenvalue weighted by atomic mass is 14.7. The summed E-state index contributed by atoms with van der Waals surface area (Å²) in [7, 11) is 0. The van der Waals surface area contributed by atoms with Gasteiger partial charge in [0.1, 0.15) is 0 Å². The first-order valence-corrected chi connectivity index (χ1v) is 6.25. The van der Waals surface area contributed by atoms with E-state index in [9.17, 15) is 0 Å². The van der Waals surface area contributed by atoms with Crippen molar-refractivity contribution in [3.05, 3.63) is 41.1 Å². The topological polar surface area (TPSA) is 38.9 Å². The van der Waals surface area contributed by atoms with Crippen LogP contribution in [-0.2, 0) is 12.8 Å². The van der Waals surface area contributed by atoms with E-state index in [1.54, 1.807) is 0 Å². The van der Waals surface area contributed by atoms with Gasteiger partial charge in [0.05, 0.1) is 5.52 Å². The molecular weight excluding hydrogens is 208 g/mol. The van der Waals surface area contributed by atoms with Gasteiger partial charge in [-0.15, -0.1) is 0 Å². The van der Waals surface area contributed by atoms with E-state index in [2.05, 4.69) is 36.2 Å². The molecule has 0 aliphatic heterocycles. The molecule has 2 nitrogen and oxygen atoms in total. The lowest BCUT2D eigenvalue weighted by atomic mass is 9.99. The minimum Gasteiger partial charge on any atom is -0.328 e. The highest BCUT2D eigenvalue weighted by Crippen LogP contribution is 2.21. The number of nitrogens with zero attached hydrogens (tertiary/aromatic N) is 1. The zero-order valence-electron chi connectivity index (χ0n) is 10.8. The van der Waals surface area contributed by atoms with Crippen molar-refractivity contribution in [2.24, 2.45) is 5.73 Å². The predicted molar refractivity (Wildman–Crippen MR) is 73.2 cm³/mol. The highest BCUT2D eigenvalue weighted by molar-refractivity contribution is 5.83. The van der Waals surface area contributed by atoms with Gasteiger partial charge in [0.25, 0.3) is 0 Å². The molecule has 17 heavy (non-hydrogen) atoms. The van der Waals surface area contributed by atoms with Crippen LogP contribution in [0, 0.1) is 6.92 Å². The number of hydrogen-bond acceptors (Lipinski definition) is 2. The van der Waals surface area contributed by atoms with Crippen LogP contribution in [0.2, 0.25) is 0 Å². The first-order valence-electron chi connectivity index (χ1n) is 6.25. The maximum Gasteiger partial charge on any atom is 0.0708 e. The smallest absolute Gasteiger partial charge is 0.0708 e. The van der Waals surface area contributed by atoms with Gasteiger partial charge in [-0.2, -0.15) is 0 Å². The molecule has 2 rings (SSSR count). The zero-order chi connectivity index (χ0) is 12.4. The van der Waals surface area contributed by atoms with E-state index in [1.165, 1.54) is 16.5 Å². The quantitative estimate of drug-likeness (QED) is 0.877. The third-order valence-corrected chi connectivity index (χ3v) is 3.04. The Balaban J connectivity index is 2.61. The van der Waals surface area contributed by atoms with Crippen molar-refractivity contribution in [1.82, 2.24) is 4.98 Å². The molecule has 0 radical (unpaired) electrons. The summed E-state index contributed by atoms with van der Waals surface area (Å²) in [5.41, 5.74) is 10.7. The van der Waals surface area contributed by atoms with E-state index in [0.29, 0.717) is 0 Å². The molecule has 0 spiro atoms. The van der Waals surface area contributed by atoms with Crippen molar-refractivity contribution in [3.8, 4) is 0 Å². The summed E-state index contributed by atoms with van der Waals surface area (Å²) in [4.78, 5) is 4.58. The van der Waals surface area contributed by atoms with E-state index in [4.69, 9.17) is 5.73 Å². The Morgan fingerprint density at radius 1 is 1.29 bits per heavy atom. The van der Waals surface area contributed by atoms with Crippen LogP contribution in [0.5, 0.6) is 0 Å². The van der Waals surface area contributed by atoms with Gasteiger partial charge in [-0.25, -0.2) is 0 Å². The molecule has 2 aromatic rings. The third kappa shape index (κ3) is 2.64. The lowest BCUT2D eigenvalue weighted by Gasteiger charge is -2.11. The fraction of sp³-hybridized carbons (Fsp3) is 0.400. The van der Waals surface area contributed by atoms with Gasteiger partial charge >= 0.3 is 0 Å². The van der Waals surface area contributed by atoms with E-state index < -0.39 is 0 Å². The minimum absolute atomic E-state index is 0.185. The Kier molecular flexibility index (Phi) is 3.43. The zero-order valence-corrected chi connectivity index (χ0v) is 10.8. The fourth-order valence-corrected chi connectivity index (χ4v) is 2.23. The molecular formula is C15H20N2. The van der Waals surface area contributed by atoms with Crippen molar-refractivity contribution in [2.75, 3.05) is 0 Å². The van der Waals surface area contributed by atoms with E-state index in [-0.39, 0.29) is 6.04 Å². The molecule has 2 heteroatoms. The Morgan fingerprint density at radius 3 is 2.71 bits per heavy atom. The summed E-state index contributed by atoms with van der Waals surface area (Å²) in [5.74, 6) is 0. The van der Waals surface area contributed by atoms with E-state index in [1.807, 2.05) is 13.8 Å². The molecule has 0 aliphatic rings. The molecule has 0 amide bonds. The summed E-state index contributed by atoms with van der Waals surface area (Å²) in [6.07, 6.45) is 1.97. The molecule has 2 N–H and O–H groups in total. The second kappa shape index (κ2) is 4.84. The number of aryl methyl sites for hydroxylation is 2. The van der Waals surface area contributed by atoms with Gasteiger partial charge in [-0.05, 0) is 56.0 Å². The van der Waals surface area contributed by atoms with Gasteiger partial charge in [-0.3, -0.25) is 4.98 Å². The van der Waals surface area contributed by atoms with Crippen LogP contribution in [0.25, 0.3) is 10.9 Å². The first-order chi connectivity index (χ1) is 8.10. The van der Waals surface area contributed by atoms with Crippen molar-refractivity contribution in [3.63, 3.8) is 0 Å². The third-order valence-electron chi connectivity index (χ3n) is 3.04. The van der Waals surface area contributed by atoms with Gasteiger partial charge in [0, 0.05) is 17.1 Å². The SMILES string of the molecule is CCc1ccc2nc(C)cc(CC(C)N)c2c1. The van der Waals surface area contributed by atoms with Crippen LogP contribution in [0.15, 0.2) is 24.3 Å². The average molecular weight is 228 g/mol. The van der Waals surface area contributed by atoms with Gasteiger partial charge in [0.2, 0.25) is 0 Å². The summed E-state index contributed by atoms with van der Waals surface area (Å²) >= 11 is 0. The van der Waals surface area contributed by atoms with Crippen LogP contribution in [0.3, 0.4) is 0 Å². The normalized spacial score (nSPS) is 12.9. The molecule has 1 aromatic carbocycles. The van der Waals surface area contributed by atoms with Crippen molar-refractivity contribution in [1.29, 1.82) is 0 Å². The van der Waals surface area contributed by atoms with Gasteiger partial charge in [-0.1, -0.05) is 13.0 Å². The monoisotopic (exact) mass is 228 g/mol. The molecule has 0 saturated heterocycles. The van der Waals surface area contributed by atoms with Crippen LogP contribution in [0.4, 0.5) is 0 Å². The summed E-state index contributed by atoms with van der Waals surface area (Å²) < 4.78 is 0. The lowest BCUT2D eigenvalue weighted by molar-refractivity contribution is 0.740. The highest BCUT2D eigenvalue weighted by Gasteiger charge is 2.06. The molecule has 1 heterocycles. The van der Waals surface area contributed by atoms with Crippen LogP contribution >= 0.6 is 0 Å². The largest absolute Gasteiger partial charge is 0.328 e. The van der Waals surface area contributed by atoms with Crippen molar-refractivity contribution < 1.29 is 0 Å². The summed E-state index contributed by atoms with van der Waals surface area (Å²) in [6.45, 7) is 6.26. The Labute approximate surface area is 103 Å². The standard InChI is InChI=1S/C15H20N2/c1-4-12-5-6-15-14(9-12)13(7-10(2)16)8-11(3)17-15/h5-6,8-10H,4,7,16H2,1-3H3. The van der Waals surface area contributed by atoms with Crippen LogP contribution < -0.4 is 5.73 Å². The number of fused-ring (bicyclic) bond motifs is 1. The van der Waals surface area contributed by atoms with Crippen LogP contribution in [0.1, 0.15) is 30.7 Å². The Bertz CT molecular complexity index is 530. The summed E-state index contributed by atoms with van der Waals surface area (Å²) in [6, 6.07) is 8.87. The van der Waals surface area contributed by atoms with Crippen LogP contribution in [-0.4, -0.2) is 11.0 Å². The maximum atomic E-state index is 5.92. The molecule has 1 atom stereocenters. The molecule has 1 unspecified atom stereocenters. The average Bonchev–Trinajstić information content (AvgIpc) is 2.27. The second-order valence-corrected chi connectivity index (χ2v) is 4.81. The number of hydrogen-bond donors (Lipinski definition) is 1. The fourth-order valence-electron chi connectivity index (χ4n) is 2.23. The number of nitrogens with two attached hydrogens (primary N) is 1. The van der Waals surface area contributed by atoms with Gasteiger partial charge < -0.3 is 5.73 Å². The number of rotatable bonds is 3. The van der Waals surface area contributed by atoms with E-state index in [0.717, 1.165) is 24.1 Å². The molecule has 0 bridgehead atoms. The molecule has 0 aliphatic carbocycles. The van der Waals surface area contributed by atoms with E-state index >= 15 is 0 Å². The number of benzene rings is 1. The van der Waals surface area contributed by atoms with Crippen molar-refractivity contribution in [2.45, 2.75) is 39.7 Å². The van der Waals surface area contributed by atoms with Crippen molar-refractivity contribution >= 4 is 10.9 Å². The first kappa shape index (κ1) is 12.1. The van der Waals surface area contributed by atoms with Gasteiger partial charge in [0.15, 0.2) is 0 Å². The molecule has 1 aromatic heterocycles. The maximum absolute atomic E-state index is 5.92. The minimum atomic E-state index is 0.185. The number of pyridine rings is 1. The second-order valence-electron chi connectivity index (χ2n) is 4.81. The molecule has 90 valence electrons. The Morgan fingerprint density at radius 2 is 2.06 bits per heavy atom. The Hall–Kier alpha value is -1.41. The number of aromatic nitrogens is 1. The molecule has 0 fully saturated rings. The predicted octanol–water partition coefficient (Wildman–Crippen LogP) is 3.00. The molecule has 0 saturated carbocycles. The summed E-state index contributed by atoms with van der Waals surface area (Å²) in [5, 5.41) is 1.26. The lowest BCUT2D eigenvalue weighted by Crippen LogP contribution is -2.18.